The van der Waals surface area contributed by atoms with Crippen LogP contribution in [-0.4, -0.2) is 19.3 Å². The van der Waals surface area contributed by atoms with Crippen molar-refractivity contribution in [1.29, 1.82) is 0 Å². The van der Waals surface area contributed by atoms with E-state index in [9.17, 15) is 0 Å². The van der Waals surface area contributed by atoms with Gasteiger partial charge in [-0.05, 0) is 56.0 Å². The molecule has 1 saturated heterocycles. The third kappa shape index (κ3) is 3.33. The number of hydrogen-bond donors (Lipinski definition) is 0. The fourth-order valence-electron chi connectivity index (χ4n) is 2.84. The summed E-state index contributed by atoms with van der Waals surface area (Å²) in [6, 6.07) is 15.1. The Morgan fingerprint density at radius 2 is 1.67 bits per heavy atom. The van der Waals surface area contributed by atoms with E-state index in [1.165, 1.54) is 42.7 Å². The Kier molecular flexibility index (Phi) is 4.05. The lowest BCUT2D eigenvalue weighted by molar-refractivity contribution is 0.949. The summed E-state index contributed by atoms with van der Waals surface area (Å²) in [7, 11) is 0. The van der Waals surface area contributed by atoms with Crippen LogP contribution in [0.4, 0.5) is 11.4 Å². The second-order valence-corrected chi connectivity index (χ2v) is 5.83. The zero-order valence-corrected chi connectivity index (χ0v) is 12.8. The Morgan fingerprint density at radius 1 is 0.952 bits per heavy atom. The van der Waals surface area contributed by atoms with Crippen LogP contribution in [0.15, 0.2) is 47.5 Å². The van der Waals surface area contributed by atoms with E-state index in [1.807, 2.05) is 6.21 Å². The fraction of sp³-hybridized carbons (Fsp3) is 0.316. The summed E-state index contributed by atoms with van der Waals surface area (Å²) < 4.78 is 0. The second kappa shape index (κ2) is 6.13. The van der Waals surface area contributed by atoms with E-state index in [0.29, 0.717) is 0 Å². The Balaban J connectivity index is 1.73. The molecule has 0 atom stereocenters. The van der Waals surface area contributed by atoms with Crippen LogP contribution in [0, 0.1) is 13.8 Å². The highest BCUT2D eigenvalue weighted by Gasteiger charge is 2.11. The minimum atomic E-state index is 1.05. The molecule has 0 spiro atoms. The molecule has 0 saturated carbocycles. The maximum Gasteiger partial charge on any atom is 0.0659 e. The zero-order chi connectivity index (χ0) is 14.7. The van der Waals surface area contributed by atoms with Crippen LogP contribution in [0.25, 0.3) is 0 Å². The van der Waals surface area contributed by atoms with Gasteiger partial charge in [0.05, 0.1) is 5.69 Å². The van der Waals surface area contributed by atoms with Crippen molar-refractivity contribution in [1.82, 2.24) is 0 Å². The lowest BCUT2D eigenvalue weighted by atomic mass is 10.1. The molecule has 2 aromatic rings. The molecule has 2 nitrogen and oxygen atoms in total. The number of hydrogen-bond acceptors (Lipinski definition) is 2. The van der Waals surface area contributed by atoms with Crippen molar-refractivity contribution in [3.8, 4) is 0 Å². The first-order valence-electron chi connectivity index (χ1n) is 7.69. The first-order valence-corrected chi connectivity index (χ1v) is 7.69. The molecule has 0 bridgehead atoms. The summed E-state index contributed by atoms with van der Waals surface area (Å²) in [6.07, 6.45) is 4.58. The summed E-state index contributed by atoms with van der Waals surface area (Å²) in [6.45, 7) is 6.60. The van der Waals surface area contributed by atoms with E-state index in [1.54, 1.807) is 0 Å². The molecule has 2 heteroatoms. The van der Waals surface area contributed by atoms with Crippen LogP contribution in [0.2, 0.25) is 0 Å². The molecule has 0 amide bonds. The lowest BCUT2D eigenvalue weighted by Crippen LogP contribution is -2.17. The minimum Gasteiger partial charge on any atom is -0.372 e. The highest BCUT2D eigenvalue weighted by molar-refractivity contribution is 5.83. The molecule has 1 heterocycles. The molecule has 108 valence electrons. The number of rotatable bonds is 3. The van der Waals surface area contributed by atoms with Crippen LogP contribution in [0.1, 0.15) is 29.5 Å². The van der Waals surface area contributed by atoms with Gasteiger partial charge in [0.1, 0.15) is 0 Å². The molecule has 1 fully saturated rings. The Morgan fingerprint density at radius 3 is 2.33 bits per heavy atom. The highest BCUT2D eigenvalue weighted by atomic mass is 15.1. The predicted octanol–water partition coefficient (Wildman–Crippen LogP) is 4.65. The monoisotopic (exact) mass is 278 g/mol. The first kappa shape index (κ1) is 13.9. The molecule has 2 aromatic carbocycles. The highest BCUT2D eigenvalue weighted by Crippen LogP contribution is 2.21. The van der Waals surface area contributed by atoms with E-state index in [0.717, 1.165) is 11.3 Å². The van der Waals surface area contributed by atoms with E-state index in [-0.39, 0.29) is 0 Å². The summed E-state index contributed by atoms with van der Waals surface area (Å²) in [4.78, 5) is 7.06. The van der Waals surface area contributed by atoms with Crippen molar-refractivity contribution >= 4 is 17.6 Å². The maximum atomic E-state index is 4.61. The molecule has 0 N–H and O–H groups in total. The SMILES string of the molecule is Cc1ccc(N=Cc2ccc(N3CCCC3)cc2)c(C)c1. The molecule has 1 aliphatic heterocycles. The van der Waals surface area contributed by atoms with E-state index in [4.69, 9.17) is 0 Å². The van der Waals surface area contributed by atoms with Gasteiger partial charge < -0.3 is 4.90 Å². The van der Waals surface area contributed by atoms with Gasteiger partial charge in [0, 0.05) is 25.0 Å². The van der Waals surface area contributed by atoms with Gasteiger partial charge in [0.15, 0.2) is 0 Å². The minimum absolute atomic E-state index is 1.05. The van der Waals surface area contributed by atoms with Gasteiger partial charge >= 0.3 is 0 Å². The predicted molar refractivity (Wildman–Crippen MR) is 91.1 cm³/mol. The third-order valence-electron chi connectivity index (χ3n) is 4.07. The molecular formula is C19H22N2. The molecule has 0 aliphatic carbocycles. The molecule has 21 heavy (non-hydrogen) atoms. The first-order chi connectivity index (χ1) is 10.2. The fourth-order valence-corrected chi connectivity index (χ4v) is 2.84. The number of aliphatic imine (C=N–C) groups is 1. The number of anilines is 1. The van der Waals surface area contributed by atoms with Crippen LogP contribution >= 0.6 is 0 Å². The quantitative estimate of drug-likeness (QED) is 0.746. The zero-order valence-electron chi connectivity index (χ0n) is 12.8. The largest absolute Gasteiger partial charge is 0.372 e. The normalized spacial score (nSPS) is 15.0. The lowest BCUT2D eigenvalue weighted by Gasteiger charge is -2.17. The summed E-state index contributed by atoms with van der Waals surface area (Å²) in [5.41, 5.74) is 6.03. The maximum absolute atomic E-state index is 4.61. The van der Waals surface area contributed by atoms with E-state index in [2.05, 4.69) is 66.2 Å². The molecule has 0 radical (unpaired) electrons. The van der Waals surface area contributed by atoms with Gasteiger partial charge in [-0.25, -0.2) is 0 Å². The van der Waals surface area contributed by atoms with Gasteiger partial charge in [0.2, 0.25) is 0 Å². The van der Waals surface area contributed by atoms with Crippen LogP contribution in [0.3, 0.4) is 0 Å². The van der Waals surface area contributed by atoms with Crippen molar-refractivity contribution in [2.45, 2.75) is 26.7 Å². The molecule has 3 rings (SSSR count). The van der Waals surface area contributed by atoms with Gasteiger partial charge in [-0.1, -0.05) is 29.8 Å². The third-order valence-corrected chi connectivity index (χ3v) is 4.07. The standard InChI is InChI=1S/C19H22N2/c1-15-5-10-19(16(2)13-15)20-14-17-6-8-18(9-7-17)21-11-3-4-12-21/h5-10,13-14H,3-4,11-12H2,1-2H3. The molecule has 1 aliphatic rings. The Bertz CT molecular complexity index is 635. The van der Waals surface area contributed by atoms with Crippen molar-refractivity contribution in [3.05, 3.63) is 59.2 Å². The number of nitrogens with zero attached hydrogens (tertiary/aromatic N) is 2. The van der Waals surface area contributed by atoms with E-state index >= 15 is 0 Å². The van der Waals surface area contributed by atoms with Crippen molar-refractivity contribution in [2.24, 2.45) is 4.99 Å². The van der Waals surface area contributed by atoms with Gasteiger partial charge in [-0.3, -0.25) is 4.99 Å². The van der Waals surface area contributed by atoms with Gasteiger partial charge in [-0.15, -0.1) is 0 Å². The average molecular weight is 278 g/mol. The van der Waals surface area contributed by atoms with Gasteiger partial charge in [0.25, 0.3) is 0 Å². The Labute approximate surface area is 127 Å². The summed E-state index contributed by atoms with van der Waals surface area (Å²) in [5.74, 6) is 0. The molecule has 0 unspecified atom stereocenters. The van der Waals surface area contributed by atoms with Crippen molar-refractivity contribution in [3.63, 3.8) is 0 Å². The smallest absolute Gasteiger partial charge is 0.0659 e. The van der Waals surface area contributed by atoms with E-state index < -0.39 is 0 Å². The van der Waals surface area contributed by atoms with Crippen molar-refractivity contribution in [2.75, 3.05) is 18.0 Å². The van der Waals surface area contributed by atoms with Crippen molar-refractivity contribution < 1.29 is 0 Å². The van der Waals surface area contributed by atoms with Crippen LogP contribution in [-0.2, 0) is 0 Å². The Hall–Kier alpha value is -2.09. The second-order valence-electron chi connectivity index (χ2n) is 5.83. The summed E-state index contributed by atoms with van der Waals surface area (Å²) >= 11 is 0. The molecule has 0 aromatic heterocycles. The number of benzene rings is 2. The molecular weight excluding hydrogens is 256 g/mol. The number of aryl methyl sites for hydroxylation is 2. The van der Waals surface area contributed by atoms with Gasteiger partial charge in [-0.2, -0.15) is 0 Å². The topological polar surface area (TPSA) is 15.6 Å². The average Bonchev–Trinajstić information content (AvgIpc) is 3.01. The van der Waals surface area contributed by atoms with Crippen LogP contribution < -0.4 is 4.90 Å². The van der Waals surface area contributed by atoms with Crippen LogP contribution in [0.5, 0.6) is 0 Å². The summed E-state index contributed by atoms with van der Waals surface area (Å²) in [5, 5.41) is 0.